The van der Waals surface area contributed by atoms with Gasteiger partial charge in [-0.3, -0.25) is 4.68 Å². The van der Waals surface area contributed by atoms with E-state index in [-0.39, 0.29) is 0 Å². The third-order valence-corrected chi connectivity index (χ3v) is 3.99. The summed E-state index contributed by atoms with van der Waals surface area (Å²) >= 11 is 0. The Kier molecular flexibility index (Phi) is 3.43. The highest BCUT2D eigenvalue weighted by Crippen LogP contribution is 2.40. The molecule has 4 heteroatoms. The quantitative estimate of drug-likeness (QED) is 0.828. The molecule has 1 fully saturated rings. The zero-order chi connectivity index (χ0) is 12.6. The third-order valence-electron chi connectivity index (χ3n) is 3.99. The Balaban J connectivity index is 2.14. The van der Waals surface area contributed by atoms with E-state index in [2.05, 4.69) is 18.9 Å². The van der Waals surface area contributed by atoms with Crippen LogP contribution >= 0.6 is 0 Å². The molecule has 1 aliphatic rings. The summed E-state index contributed by atoms with van der Waals surface area (Å²) in [5.74, 6) is 2.29. The van der Waals surface area contributed by atoms with Gasteiger partial charge in [-0.1, -0.05) is 13.8 Å². The van der Waals surface area contributed by atoms with Gasteiger partial charge in [-0.05, 0) is 37.0 Å². The molecule has 1 saturated carbocycles. The van der Waals surface area contributed by atoms with Crippen molar-refractivity contribution >= 4 is 5.82 Å². The number of aromatic nitrogens is 2. The fraction of sp³-hybridized carbons (Fsp3) is 0.769. The fourth-order valence-corrected chi connectivity index (χ4v) is 3.21. The minimum Gasteiger partial charge on any atom is -0.388 e. The van der Waals surface area contributed by atoms with Gasteiger partial charge in [0, 0.05) is 12.6 Å². The maximum atomic E-state index is 10.4. The highest BCUT2D eigenvalue weighted by atomic mass is 16.3. The number of hydrogen-bond acceptors (Lipinski definition) is 3. The number of hydrogen-bond donors (Lipinski definition) is 2. The summed E-state index contributed by atoms with van der Waals surface area (Å²) in [4.78, 5) is 0. The molecule has 2 rings (SSSR count). The summed E-state index contributed by atoms with van der Waals surface area (Å²) in [5, 5.41) is 14.5. The highest BCUT2D eigenvalue weighted by molar-refractivity contribution is 5.40. The second-order valence-electron chi connectivity index (χ2n) is 5.73. The largest absolute Gasteiger partial charge is 0.388 e. The first-order valence-electron chi connectivity index (χ1n) is 6.44. The molecule has 3 atom stereocenters. The van der Waals surface area contributed by atoms with Gasteiger partial charge in [0.05, 0.1) is 12.3 Å². The van der Waals surface area contributed by atoms with Gasteiger partial charge in [-0.15, -0.1) is 0 Å². The first-order valence-corrected chi connectivity index (χ1v) is 6.44. The molecule has 1 aromatic heterocycles. The number of aryl methyl sites for hydroxylation is 1. The Morgan fingerprint density at radius 1 is 1.35 bits per heavy atom. The van der Waals surface area contributed by atoms with E-state index < -0.39 is 6.10 Å². The average molecular weight is 237 g/mol. The normalized spacial score (nSPS) is 31.4. The molecule has 1 heterocycles. The van der Waals surface area contributed by atoms with Gasteiger partial charge < -0.3 is 10.8 Å². The maximum absolute atomic E-state index is 10.4. The lowest BCUT2D eigenvalue weighted by Crippen LogP contribution is -2.25. The van der Waals surface area contributed by atoms with Crippen LogP contribution in [0.1, 0.15) is 44.8 Å². The van der Waals surface area contributed by atoms with Crippen LogP contribution in [0, 0.1) is 17.8 Å². The van der Waals surface area contributed by atoms with Crippen LogP contribution in [0.2, 0.25) is 0 Å². The predicted molar refractivity (Wildman–Crippen MR) is 68.2 cm³/mol. The SMILES string of the molecule is CC1CC(C)CC(C(O)c2cnn(C)c2N)C1. The molecule has 0 aliphatic heterocycles. The lowest BCUT2D eigenvalue weighted by Gasteiger charge is -2.34. The molecule has 0 spiro atoms. The predicted octanol–water partition coefficient (Wildman–Crippen LogP) is 2.11. The minimum absolute atomic E-state index is 0.320. The summed E-state index contributed by atoms with van der Waals surface area (Å²) < 4.78 is 1.62. The zero-order valence-corrected chi connectivity index (χ0v) is 10.9. The van der Waals surface area contributed by atoms with Gasteiger partial charge in [0.15, 0.2) is 0 Å². The van der Waals surface area contributed by atoms with Crippen LogP contribution in [0.25, 0.3) is 0 Å². The first kappa shape index (κ1) is 12.4. The van der Waals surface area contributed by atoms with Crippen LogP contribution in [-0.4, -0.2) is 14.9 Å². The van der Waals surface area contributed by atoms with Gasteiger partial charge in [0.25, 0.3) is 0 Å². The van der Waals surface area contributed by atoms with E-state index in [0.29, 0.717) is 23.6 Å². The van der Waals surface area contributed by atoms with Crippen molar-refractivity contribution in [2.45, 2.75) is 39.2 Å². The summed E-state index contributed by atoms with van der Waals surface area (Å²) in [7, 11) is 1.80. The Bertz CT molecular complexity index is 378. The minimum atomic E-state index is -0.464. The Morgan fingerprint density at radius 2 is 1.94 bits per heavy atom. The van der Waals surface area contributed by atoms with Crippen molar-refractivity contribution in [3.8, 4) is 0 Å². The molecule has 0 amide bonds. The summed E-state index contributed by atoms with van der Waals surface area (Å²) in [6.07, 6.45) is 4.67. The highest BCUT2D eigenvalue weighted by Gasteiger charge is 2.31. The smallest absolute Gasteiger partial charge is 0.127 e. The van der Waals surface area contributed by atoms with E-state index in [1.165, 1.54) is 6.42 Å². The van der Waals surface area contributed by atoms with E-state index in [9.17, 15) is 5.11 Å². The number of anilines is 1. The summed E-state index contributed by atoms with van der Waals surface area (Å²) in [5.41, 5.74) is 6.71. The molecule has 1 aromatic rings. The monoisotopic (exact) mass is 237 g/mol. The molecule has 96 valence electrons. The molecule has 3 N–H and O–H groups in total. The summed E-state index contributed by atoms with van der Waals surface area (Å²) in [6, 6.07) is 0. The van der Waals surface area contributed by atoms with E-state index in [0.717, 1.165) is 18.4 Å². The van der Waals surface area contributed by atoms with Crippen LogP contribution in [0.3, 0.4) is 0 Å². The second-order valence-corrected chi connectivity index (χ2v) is 5.73. The van der Waals surface area contributed by atoms with Crippen molar-refractivity contribution in [1.29, 1.82) is 0 Å². The van der Waals surface area contributed by atoms with Gasteiger partial charge in [-0.2, -0.15) is 5.10 Å². The van der Waals surface area contributed by atoms with Gasteiger partial charge in [-0.25, -0.2) is 0 Å². The lowest BCUT2D eigenvalue weighted by molar-refractivity contribution is 0.0556. The fourth-order valence-electron chi connectivity index (χ4n) is 3.21. The van der Waals surface area contributed by atoms with E-state index >= 15 is 0 Å². The Labute approximate surface area is 103 Å². The Hall–Kier alpha value is -1.03. The van der Waals surface area contributed by atoms with Crippen LogP contribution in [-0.2, 0) is 7.05 Å². The molecule has 0 saturated heterocycles. The molecular formula is C13H23N3O. The lowest BCUT2D eigenvalue weighted by atomic mass is 9.73. The number of aliphatic hydroxyl groups excluding tert-OH is 1. The Morgan fingerprint density at radius 3 is 2.41 bits per heavy atom. The van der Waals surface area contributed by atoms with Crippen molar-refractivity contribution in [3.05, 3.63) is 11.8 Å². The first-order chi connectivity index (χ1) is 7.99. The standard InChI is InChI=1S/C13H23N3O/c1-8-4-9(2)6-10(5-8)12(17)11-7-15-16(3)13(11)14/h7-10,12,17H,4-6,14H2,1-3H3. The van der Waals surface area contributed by atoms with Crippen molar-refractivity contribution in [2.75, 3.05) is 5.73 Å². The van der Waals surface area contributed by atoms with Crippen molar-refractivity contribution in [2.24, 2.45) is 24.8 Å². The van der Waals surface area contributed by atoms with E-state index in [1.54, 1.807) is 17.9 Å². The van der Waals surface area contributed by atoms with Gasteiger partial charge >= 0.3 is 0 Å². The molecule has 1 aliphatic carbocycles. The van der Waals surface area contributed by atoms with Crippen LogP contribution in [0.15, 0.2) is 6.20 Å². The van der Waals surface area contributed by atoms with Crippen molar-refractivity contribution < 1.29 is 5.11 Å². The second kappa shape index (κ2) is 4.69. The van der Waals surface area contributed by atoms with E-state index in [1.807, 2.05) is 0 Å². The van der Waals surface area contributed by atoms with Crippen LogP contribution < -0.4 is 5.73 Å². The number of nitrogen functional groups attached to an aromatic ring is 1. The number of nitrogens with zero attached hydrogens (tertiary/aromatic N) is 2. The van der Waals surface area contributed by atoms with Gasteiger partial charge in [0.2, 0.25) is 0 Å². The molecule has 0 aromatic carbocycles. The maximum Gasteiger partial charge on any atom is 0.127 e. The molecule has 17 heavy (non-hydrogen) atoms. The topological polar surface area (TPSA) is 64.1 Å². The number of nitrogens with two attached hydrogens (primary N) is 1. The van der Waals surface area contributed by atoms with Crippen LogP contribution in [0.5, 0.6) is 0 Å². The van der Waals surface area contributed by atoms with Crippen LogP contribution in [0.4, 0.5) is 5.82 Å². The van der Waals surface area contributed by atoms with E-state index in [4.69, 9.17) is 5.73 Å². The molecular weight excluding hydrogens is 214 g/mol. The number of rotatable bonds is 2. The number of aliphatic hydroxyl groups is 1. The third kappa shape index (κ3) is 2.46. The molecule has 3 unspecified atom stereocenters. The molecule has 0 radical (unpaired) electrons. The molecule has 0 bridgehead atoms. The van der Waals surface area contributed by atoms with Gasteiger partial charge in [0.1, 0.15) is 5.82 Å². The average Bonchev–Trinajstić information content (AvgIpc) is 2.57. The molecule has 4 nitrogen and oxygen atoms in total. The zero-order valence-electron chi connectivity index (χ0n) is 10.9. The van der Waals surface area contributed by atoms with Crippen molar-refractivity contribution in [1.82, 2.24) is 9.78 Å². The summed E-state index contributed by atoms with van der Waals surface area (Å²) in [6.45, 7) is 4.53. The van der Waals surface area contributed by atoms with Crippen molar-refractivity contribution in [3.63, 3.8) is 0 Å².